The molecule has 1 aromatic heterocycles. The van der Waals surface area contributed by atoms with E-state index in [-0.39, 0.29) is 6.61 Å². The van der Waals surface area contributed by atoms with Crippen molar-refractivity contribution in [3.05, 3.63) is 70.4 Å². The largest absolute Gasteiger partial charge is 0.452 e. The number of hydrogen-bond donors (Lipinski definition) is 1. The Balaban J connectivity index is 1.57. The van der Waals surface area contributed by atoms with Gasteiger partial charge in [-0.15, -0.1) is 0 Å². The summed E-state index contributed by atoms with van der Waals surface area (Å²) in [5.74, 6) is -0.462. The highest BCUT2D eigenvalue weighted by atomic mass is 35.5. The molecule has 29 heavy (non-hydrogen) atoms. The molecule has 6 heteroatoms. The number of benzene rings is 2. The van der Waals surface area contributed by atoms with E-state index in [1.807, 2.05) is 24.3 Å². The number of halogens is 1. The van der Waals surface area contributed by atoms with E-state index in [1.54, 1.807) is 24.3 Å². The van der Waals surface area contributed by atoms with E-state index in [0.29, 0.717) is 22.2 Å². The van der Waals surface area contributed by atoms with Crippen LogP contribution in [-0.4, -0.2) is 23.5 Å². The molecular weight excluding hydrogens is 388 g/mol. The van der Waals surface area contributed by atoms with Crippen LogP contribution in [0.15, 0.2) is 48.5 Å². The Morgan fingerprint density at radius 2 is 1.93 bits per heavy atom. The van der Waals surface area contributed by atoms with Gasteiger partial charge in [0.05, 0.1) is 21.8 Å². The highest BCUT2D eigenvalue weighted by Gasteiger charge is 2.26. The maximum Gasteiger partial charge on any atom is 0.339 e. The average Bonchev–Trinajstić information content (AvgIpc) is 2.72. The molecule has 1 aliphatic carbocycles. The molecule has 0 spiro atoms. The van der Waals surface area contributed by atoms with Gasteiger partial charge in [0.1, 0.15) is 0 Å². The first-order chi connectivity index (χ1) is 14.0. The summed E-state index contributed by atoms with van der Waals surface area (Å²) in [4.78, 5) is 30.0. The number of rotatable bonds is 4. The highest BCUT2D eigenvalue weighted by Crippen LogP contribution is 2.32. The number of nitrogens with zero attached hydrogens (tertiary/aromatic N) is 1. The minimum Gasteiger partial charge on any atom is -0.452 e. The van der Waals surface area contributed by atoms with Crippen molar-refractivity contribution in [2.75, 3.05) is 11.9 Å². The number of carbonyl (C=O) groups is 2. The number of pyridine rings is 1. The van der Waals surface area contributed by atoms with E-state index < -0.39 is 11.9 Å². The lowest BCUT2D eigenvalue weighted by Gasteiger charge is -2.24. The zero-order valence-corrected chi connectivity index (χ0v) is 16.8. The van der Waals surface area contributed by atoms with E-state index >= 15 is 0 Å². The Morgan fingerprint density at radius 3 is 2.76 bits per heavy atom. The number of carbonyl (C=O) groups excluding carboxylic acids is 2. The summed E-state index contributed by atoms with van der Waals surface area (Å²) < 4.78 is 5.39. The van der Waals surface area contributed by atoms with E-state index in [2.05, 4.69) is 12.2 Å². The second kappa shape index (κ2) is 8.21. The standard InChI is InChI=1S/C23H21ClN2O3/c1-14-10-11-19-16(12-14)22(15-6-2-4-8-18(15)25-19)23(28)29-13-21(27)26-20-9-5-3-7-17(20)24/h2-9,14H,10-13H2,1H3,(H,26,27)/t14-/m1/s1. The van der Waals surface area contributed by atoms with Crippen LogP contribution in [0.2, 0.25) is 5.02 Å². The molecule has 1 heterocycles. The second-order valence-electron chi connectivity index (χ2n) is 7.38. The van der Waals surface area contributed by atoms with Gasteiger partial charge in [-0.25, -0.2) is 4.79 Å². The van der Waals surface area contributed by atoms with E-state index in [0.717, 1.165) is 41.4 Å². The van der Waals surface area contributed by atoms with Crippen LogP contribution in [-0.2, 0) is 22.4 Å². The minimum absolute atomic E-state index is 0.384. The normalized spacial score (nSPS) is 15.6. The Bertz CT molecular complexity index is 1100. The average molecular weight is 409 g/mol. The summed E-state index contributed by atoms with van der Waals surface area (Å²) in [5.41, 5.74) is 3.68. The number of fused-ring (bicyclic) bond motifs is 2. The molecule has 0 aliphatic heterocycles. The van der Waals surface area contributed by atoms with Gasteiger partial charge in [-0.1, -0.05) is 48.9 Å². The molecule has 0 bridgehead atoms. The second-order valence-corrected chi connectivity index (χ2v) is 7.79. The molecule has 1 atom stereocenters. The summed E-state index contributed by atoms with van der Waals surface area (Å²) in [6, 6.07) is 14.5. The van der Waals surface area contributed by atoms with Crippen molar-refractivity contribution in [1.82, 2.24) is 4.98 Å². The van der Waals surface area contributed by atoms with Gasteiger partial charge in [0, 0.05) is 11.1 Å². The number of amides is 1. The van der Waals surface area contributed by atoms with Crippen LogP contribution in [0.4, 0.5) is 5.69 Å². The summed E-state index contributed by atoms with van der Waals surface area (Å²) >= 11 is 6.06. The fourth-order valence-corrected chi connectivity index (χ4v) is 3.93. The number of aryl methyl sites for hydroxylation is 1. The van der Waals surface area contributed by atoms with Gasteiger partial charge in [0.2, 0.25) is 0 Å². The number of nitrogens with one attached hydrogen (secondary N) is 1. The molecule has 0 saturated heterocycles. The van der Waals surface area contributed by atoms with Gasteiger partial charge in [0.15, 0.2) is 6.61 Å². The molecule has 5 nitrogen and oxygen atoms in total. The van der Waals surface area contributed by atoms with E-state index in [9.17, 15) is 9.59 Å². The van der Waals surface area contributed by atoms with Crippen LogP contribution in [0.1, 0.15) is 35.0 Å². The van der Waals surface area contributed by atoms with Gasteiger partial charge in [-0.3, -0.25) is 9.78 Å². The third-order valence-corrected chi connectivity index (χ3v) is 5.52. The van der Waals surface area contributed by atoms with Crippen molar-refractivity contribution in [1.29, 1.82) is 0 Å². The van der Waals surface area contributed by atoms with Crippen molar-refractivity contribution in [2.24, 2.45) is 5.92 Å². The Hall–Kier alpha value is -2.92. The lowest BCUT2D eigenvalue weighted by molar-refractivity contribution is -0.119. The lowest BCUT2D eigenvalue weighted by atomic mass is 9.84. The zero-order chi connectivity index (χ0) is 20.4. The fraction of sp³-hybridized carbons (Fsp3) is 0.261. The number of hydrogen-bond acceptors (Lipinski definition) is 4. The van der Waals surface area contributed by atoms with E-state index in [1.165, 1.54) is 0 Å². The van der Waals surface area contributed by atoms with Crippen LogP contribution < -0.4 is 5.32 Å². The van der Waals surface area contributed by atoms with Crippen molar-refractivity contribution in [3.63, 3.8) is 0 Å². The summed E-state index contributed by atoms with van der Waals surface area (Å²) in [5, 5.41) is 3.85. The van der Waals surface area contributed by atoms with Gasteiger partial charge < -0.3 is 10.1 Å². The quantitative estimate of drug-likeness (QED) is 0.629. The summed E-state index contributed by atoms with van der Waals surface area (Å²) in [6.45, 7) is 1.79. The molecule has 148 valence electrons. The monoisotopic (exact) mass is 408 g/mol. The van der Waals surface area contributed by atoms with Gasteiger partial charge in [0.25, 0.3) is 5.91 Å². The van der Waals surface area contributed by atoms with Gasteiger partial charge in [-0.2, -0.15) is 0 Å². The number of esters is 1. The topological polar surface area (TPSA) is 68.3 Å². The van der Waals surface area contributed by atoms with Crippen molar-refractivity contribution in [2.45, 2.75) is 26.2 Å². The third kappa shape index (κ3) is 4.10. The molecule has 0 unspecified atom stereocenters. The lowest BCUT2D eigenvalue weighted by Crippen LogP contribution is -2.23. The predicted octanol–water partition coefficient (Wildman–Crippen LogP) is 4.81. The summed E-state index contributed by atoms with van der Waals surface area (Å²) in [7, 11) is 0. The summed E-state index contributed by atoms with van der Waals surface area (Å²) in [6.07, 6.45) is 2.67. The SMILES string of the molecule is C[C@@H]1CCc2nc3ccccc3c(C(=O)OCC(=O)Nc3ccccc3Cl)c2C1. The van der Waals surface area contributed by atoms with Crippen LogP contribution in [0.25, 0.3) is 10.9 Å². The highest BCUT2D eigenvalue weighted by molar-refractivity contribution is 6.33. The smallest absolute Gasteiger partial charge is 0.339 e. The first-order valence-corrected chi connectivity index (χ1v) is 10.0. The van der Waals surface area contributed by atoms with Crippen molar-refractivity contribution >= 4 is 40.1 Å². The maximum atomic E-state index is 13.0. The van der Waals surface area contributed by atoms with Crippen LogP contribution in [0.3, 0.4) is 0 Å². The number of aromatic nitrogens is 1. The van der Waals surface area contributed by atoms with Crippen molar-refractivity contribution in [3.8, 4) is 0 Å². The van der Waals surface area contributed by atoms with Gasteiger partial charge in [-0.05, 0) is 48.9 Å². The Morgan fingerprint density at radius 1 is 1.17 bits per heavy atom. The maximum absolute atomic E-state index is 13.0. The molecule has 3 aromatic rings. The zero-order valence-electron chi connectivity index (χ0n) is 16.1. The first-order valence-electron chi connectivity index (χ1n) is 9.65. The number of para-hydroxylation sites is 2. The Labute approximate surface area is 174 Å². The molecule has 4 rings (SSSR count). The Kier molecular flexibility index (Phi) is 5.49. The van der Waals surface area contributed by atoms with Crippen LogP contribution >= 0.6 is 11.6 Å². The first kappa shape index (κ1) is 19.4. The number of anilines is 1. The molecule has 1 amide bonds. The molecule has 1 N–H and O–H groups in total. The molecule has 0 saturated carbocycles. The number of ether oxygens (including phenoxy) is 1. The van der Waals surface area contributed by atoms with Crippen LogP contribution in [0, 0.1) is 5.92 Å². The van der Waals surface area contributed by atoms with E-state index in [4.69, 9.17) is 21.3 Å². The molecule has 0 radical (unpaired) electrons. The van der Waals surface area contributed by atoms with Crippen molar-refractivity contribution < 1.29 is 14.3 Å². The molecule has 0 fully saturated rings. The van der Waals surface area contributed by atoms with Gasteiger partial charge >= 0.3 is 5.97 Å². The molecule has 2 aromatic carbocycles. The minimum atomic E-state index is -0.497. The molecule has 1 aliphatic rings. The fourth-order valence-electron chi connectivity index (χ4n) is 3.75. The van der Waals surface area contributed by atoms with Crippen LogP contribution in [0.5, 0.6) is 0 Å². The predicted molar refractivity (Wildman–Crippen MR) is 113 cm³/mol. The molecular formula is C23H21ClN2O3. The third-order valence-electron chi connectivity index (χ3n) is 5.19.